The summed E-state index contributed by atoms with van der Waals surface area (Å²) >= 11 is 0. The Balaban J connectivity index is 1.04. The number of para-hydroxylation sites is 3. The number of hydrogen-bond acceptors (Lipinski definition) is 6. The van der Waals surface area contributed by atoms with Gasteiger partial charge >= 0.3 is 0 Å². The number of anilines is 3. The second-order valence-electron chi connectivity index (χ2n) is 11.4. The van der Waals surface area contributed by atoms with E-state index in [9.17, 15) is 13.2 Å². The number of nitrogens with one attached hydrogen (secondary N) is 2. The average Bonchev–Trinajstić information content (AvgIpc) is 3.07. The molecule has 9 heteroatoms. The van der Waals surface area contributed by atoms with Crippen LogP contribution in [0.4, 0.5) is 17.1 Å². The molecule has 0 spiro atoms. The summed E-state index contributed by atoms with van der Waals surface area (Å²) in [5, 5.41) is 2.92. The summed E-state index contributed by atoms with van der Waals surface area (Å²) < 4.78 is 34.8. The fourth-order valence-electron chi connectivity index (χ4n) is 5.98. The number of carbonyl (C=O) groups is 1. The van der Waals surface area contributed by atoms with E-state index in [4.69, 9.17) is 4.74 Å². The lowest BCUT2D eigenvalue weighted by Crippen LogP contribution is -2.46. The standard InChI is InChI=1S/C35H38N4O4S/c40-35(36-28-15-17-29(18-16-28)39-25-21-30(22-26-39)38-23-7-2-8-24-38)27-13-19-32(20-14-27)44(41,42)37-33-11-5-6-12-34(33)43-31-9-3-1-4-10-31/h1,3-6,9-20,30,37H,2,7-8,21-26H2,(H,36,40). The first-order valence-electron chi connectivity index (χ1n) is 15.3. The number of amides is 1. The van der Waals surface area contributed by atoms with Gasteiger partial charge in [-0.2, -0.15) is 0 Å². The van der Waals surface area contributed by atoms with Crippen molar-refractivity contribution in [2.75, 3.05) is 41.1 Å². The Morgan fingerprint density at radius 2 is 1.39 bits per heavy atom. The molecule has 44 heavy (non-hydrogen) atoms. The minimum Gasteiger partial charge on any atom is -0.455 e. The Morgan fingerprint density at radius 1 is 0.727 bits per heavy atom. The smallest absolute Gasteiger partial charge is 0.262 e. The second-order valence-corrected chi connectivity index (χ2v) is 13.0. The molecule has 2 saturated heterocycles. The van der Waals surface area contributed by atoms with Gasteiger partial charge in [0, 0.05) is 36.1 Å². The van der Waals surface area contributed by atoms with Gasteiger partial charge in [0.15, 0.2) is 5.75 Å². The monoisotopic (exact) mass is 610 g/mol. The molecule has 2 heterocycles. The van der Waals surface area contributed by atoms with Gasteiger partial charge in [0.1, 0.15) is 5.75 Å². The van der Waals surface area contributed by atoms with Crippen molar-refractivity contribution in [3.05, 3.63) is 109 Å². The summed E-state index contributed by atoms with van der Waals surface area (Å²) in [5.74, 6) is 0.668. The van der Waals surface area contributed by atoms with E-state index < -0.39 is 10.0 Å². The highest BCUT2D eigenvalue weighted by Gasteiger charge is 2.25. The van der Waals surface area contributed by atoms with E-state index in [2.05, 4.69) is 32.0 Å². The van der Waals surface area contributed by atoms with Gasteiger partial charge in [0.05, 0.1) is 10.6 Å². The molecule has 2 aliphatic rings. The number of carbonyl (C=O) groups excluding carboxylic acids is 1. The van der Waals surface area contributed by atoms with Crippen LogP contribution >= 0.6 is 0 Å². The number of benzene rings is 4. The largest absolute Gasteiger partial charge is 0.455 e. The van der Waals surface area contributed by atoms with Crippen molar-refractivity contribution in [2.45, 2.75) is 43.0 Å². The molecular weight excluding hydrogens is 572 g/mol. The average molecular weight is 611 g/mol. The SMILES string of the molecule is O=C(Nc1ccc(N2CCC(N3CCCCC3)CC2)cc1)c1ccc(S(=O)(=O)Nc2ccccc2Oc2ccccc2)cc1. The van der Waals surface area contributed by atoms with Gasteiger partial charge in [-0.25, -0.2) is 8.42 Å². The Kier molecular flexibility index (Phi) is 9.14. The van der Waals surface area contributed by atoms with E-state index in [1.54, 1.807) is 36.4 Å². The molecule has 0 unspecified atom stereocenters. The molecule has 6 rings (SSSR count). The fraction of sp³-hybridized carbons (Fsp3) is 0.286. The van der Waals surface area contributed by atoms with Gasteiger partial charge in [-0.05, 0) is 112 Å². The first kappa shape index (κ1) is 29.7. The number of piperidine rings is 2. The number of likely N-dealkylation sites (tertiary alicyclic amines) is 1. The van der Waals surface area contributed by atoms with Gasteiger partial charge < -0.3 is 19.9 Å². The molecule has 2 N–H and O–H groups in total. The Hall–Kier alpha value is -4.34. The maximum absolute atomic E-state index is 13.2. The fourth-order valence-corrected chi connectivity index (χ4v) is 7.05. The van der Waals surface area contributed by atoms with E-state index in [0.29, 0.717) is 34.5 Å². The summed E-state index contributed by atoms with van der Waals surface area (Å²) in [5.41, 5.74) is 2.53. The minimum absolute atomic E-state index is 0.0389. The lowest BCUT2D eigenvalue weighted by Gasteiger charge is -2.41. The zero-order valence-electron chi connectivity index (χ0n) is 24.7. The predicted octanol–water partition coefficient (Wildman–Crippen LogP) is 6.99. The number of rotatable bonds is 9. The van der Waals surface area contributed by atoms with Crippen molar-refractivity contribution >= 4 is 33.0 Å². The third-order valence-electron chi connectivity index (χ3n) is 8.39. The Morgan fingerprint density at radius 3 is 2.09 bits per heavy atom. The van der Waals surface area contributed by atoms with E-state index in [1.807, 2.05) is 30.3 Å². The minimum atomic E-state index is -3.92. The van der Waals surface area contributed by atoms with E-state index in [-0.39, 0.29) is 10.8 Å². The van der Waals surface area contributed by atoms with Gasteiger partial charge in [-0.1, -0.05) is 36.8 Å². The van der Waals surface area contributed by atoms with Gasteiger partial charge in [-0.15, -0.1) is 0 Å². The zero-order chi connectivity index (χ0) is 30.4. The molecule has 2 aliphatic heterocycles. The van der Waals surface area contributed by atoms with Crippen LogP contribution in [0.2, 0.25) is 0 Å². The number of ether oxygens (including phenoxy) is 1. The molecule has 0 atom stereocenters. The van der Waals surface area contributed by atoms with Gasteiger partial charge in [0.2, 0.25) is 0 Å². The van der Waals surface area contributed by atoms with Gasteiger partial charge in [-0.3, -0.25) is 9.52 Å². The van der Waals surface area contributed by atoms with Crippen LogP contribution in [0.15, 0.2) is 108 Å². The summed E-state index contributed by atoms with van der Waals surface area (Å²) in [4.78, 5) is 18.1. The molecule has 4 aromatic rings. The Bertz CT molecular complexity index is 1650. The molecule has 2 fully saturated rings. The summed E-state index contributed by atoms with van der Waals surface area (Å²) in [7, 11) is -3.92. The third-order valence-corrected chi connectivity index (χ3v) is 9.77. The quantitative estimate of drug-likeness (QED) is 0.212. The molecular formula is C35H38N4O4S. The van der Waals surface area contributed by atoms with Crippen LogP contribution in [0.25, 0.3) is 0 Å². The van der Waals surface area contributed by atoms with Crippen LogP contribution in [-0.4, -0.2) is 51.4 Å². The molecule has 8 nitrogen and oxygen atoms in total. The van der Waals surface area contributed by atoms with Crippen molar-refractivity contribution in [2.24, 2.45) is 0 Å². The molecule has 0 saturated carbocycles. The van der Waals surface area contributed by atoms with Crippen LogP contribution in [0.1, 0.15) is 42.5 Å². The zero-order valence-corrected chi connectivity index (χ0v) is 25.5. The van der Waals surface area contributed by atoms with Crippen LogP contribution in [0.5, 0.6) is 11.5 Å². The number of sulfonamides is 1. The van der Waals surface area contributed by atoms with Crippen molar-refractivity contribution in [1.29, 1.82) is 0 Å². The number of nitrogens with zero attached hydrogens (tertiary/aromatic N) is 2. The molecule has 0 bridgehead atoms. The van der Waals surface area contributed by atoms with Crippen LogP contribution in [0.3, 0.4) is 0 Å². The highest BCUT2D eigenvalue weighted by atomic mass is 32.2. The molecule has 0 aliphatic carbocycles. The first-order chi connectivity index (χ1) is 21.4. The number of hydrogen-bond donors (Lipinski definition) is 2. The topological polar surface area (TPSA) is 91.0 Å². The highest BCUT2D eigenvalue weighted by molar-refractivity contribution is 7.92. The van der Waals surface area contributed by atoms with Crippen molar-refractivity contribution in [3.63, 3.8) is 0 Å². The van der Waals surface area contributed by atoms with E-state index in [0.717, 1.165) is 18.8 Å². The lowest BCUT2D eigenvalue weighted by molar-refractivity contribution is 0.102. The maximum atomic E-state index is 13.2. The van der Waals surface area contributed by atoms with Crippen LogP contribution in [-0.2, 0) is 10.0 Å². The predicted molar refractivity (Wildman–Crippen MR) is 175 cm³/mol. The Labute approximate surface area is 259 Å². The summed E-state index contributed by atoms with van der Waals surface area (Å²) in [6, 6.07) is 30.5. The molecule has 1 amide bonds. The molecule has 228 valence electrons. The van der Waals surface area contributed by atoms with Crippen molar-refractivity contribution in [1.82, 2.24) is 4.90 Å². The normalized spacial score (nSPS) is 16.3. The maximum Gasteiger partial charge on any atom is 0.262 e. The first-order valence-corrected chi connectivity index (χ1v) is 16.8. The molecule has 0 aromatic heterocycles. The van der Waals surface area contributed by atoms with Crippen LogP contribution < -0.4 is 19.7 Å². The van der Waals surface area contributed by atoms with Crippen molar-refractivity contribution < 1.29 is 17.9 Å². The third kappa shape index (κ3) is 7.23. The van der Waals surface area contributed by atoms with E-state index >= 15 is 0 Å². The highest BCUT2D eigenvalue weighted by Crippen LogP contribution is 2.31. The molecule has 0 radical (unpaired) electrons. The lowest BCUT2D eigenvalue weighted by atomic mass is 9.99. The van der Waals surface area contributed by atoms with E-state index in [1.165, 1.54) is 69.5 Å². The van der Waals surface area contributed by atoms with Crippen molar-refractivity contribution in [3.8, 4) is 11.5 Å². The second kappa shape index (κ2) is 13.5. The molecule has 4 aromatic carbocycles. The summed E-state index contributed by atoms with van der Waals surface area (Å²) in [6.07, 6.45) is 6.40. The summed E-state index contributed by atoms with van der Waals surface area (Å²) in [6.45, 7) is 4.58. The van der Waals surface area contributed by atoms with Gasteiger partial charge in [0.25, 0.3) is 15.9 Å². The van der Waals surface area contributed by atoms with Crippen LogP contribution in [0, 0.1) is 0 Å².